The number of halogens is 1. The first kappa shape index (κ1) is 7.79. The average Bonchev–Trinajstić information content (AvgIpc) is 2.07. The van der Waals surface area contributed by atoms with Crippen molar-refractivity contribution in [2.75, 3.05) is 5.73 Å². The first-order valence-corrected chi connectivity index (χ1v) is 3.75. The van der Waals surface area contributed by atoms with Crippen LogP contribution in [0.2, 0.25) is 0 Å². The third-order valence-electron chi connectivity index (χ3n) is 1.86. The number of nitrogens with one attached hydrogen (secondary N) is 1. The molecule has 1 aromatic heterocycles. The van der Waals surface area contributed by atoms with Crippen LogP contribution in [0.25, 0.3) is 10.9 Å². The Hall–Kier alpha value is -1.84. The molecule has 0 aliphatic carbocycles. The minimum absolute atomic E-state index is 0.160. The van der Waals surface area contributed by atoms with Crippen LogP contribution in [0.1, 0.15) is 0 Å². The van der Waals surface area contributed by atoms with Crippen molar-refractivity contribution in [2.24, 2.45) is 0 Å². The quantitative estimate of drug-likeness (QED) is 0.637. The van der Waals surface area contributed by atoms with Crippen LogP contribution in [0.5, 0.6) is 0 Å². The number of hydrogen-bond donors (Lipinski definition) is 2. The zero-order chi connectivity index (χ0) is 9.42. The average molecular weight is 178 g/mol. The first-order chi connectivity index (χ1) is 6.18. The predicted octanol–water partition coefficient (Wildman–Crippen LogP) is 1.25. The van der Waals surface area contributed by atoms with Crippen molar-refractivity contribution in [3.05, 3.63) is 40.4 Å². The molecule has 0 fully saturated rings. The zero-order valence-corrected chi connectivity index (χ0v) is 6.67. The van der Waals surface area contributed by atoms with Gasteiger partial charge in [-0.15, -0.1) is 0 Å². The Labute approximate surface area is 73.0 Å². The van der Waals surface area contributed by atoms with Gasteiger partial charge in [-0.2, -0.15) is 0 Å². The lowest BCUT2D eigenvalue weighted by molar-refractivity contribution is 0.636. The fourth-order valence-corrected chi connectivity index (χ4v) is 1.27. The summed E-state index contributed by atoms with van der Waals surface area (Å²) in [5, 5.41) is 0.527. The van der Waals surface area contributed by atoms with Crippen molar-refractivity contribution in [1.29, 1.82) is 0 Å². The SMILES string of the molecule is Nc1cc(=O)[nH]c2c(F)cccc12. The molecule has 4 heteroatoms. The van der Waals surface area contributed by atoms with Crippen LogP contribution < -0.4 is 11.3 Å². The van der Waals surface area contributed by atoms with Crippen molar-refractivity contribution in [3.63, 3.8) is 0 Å². The number of nitrogens with two attached hydrogens (primary N) is 1. The Balaban J connectivity index is 3.03. The maximum absolute atomic E-state index is 13.1. The number of para-hydroxylation sites is 1. The number of fused-ring (bicyclic) bond motifs is 1. The van der Waals surface area contributed by atoms with Crippen LogP contribution in [0.15, 0.2) is 29.1 Å². The van der Waals surface area contributed by atoms with Crippen LogP contribution in [-0.2, 0) is 0 Å². The fraction of sp³-hybridized carbons (Fsp3) is 0. The Morgan fingerprint density at radius 1 is 1.38 bits per heavy atom. The predicted molar refractivity (Wildman–Crippen MR) is 48.9 cm³/mol. The Morgan fingerprint density at radius 3 is 2.92 bits per heavy atom. The van der Waals surface area contributed by atoms with Crippen molar-refractivity contribution in [2.45, 2.75) is 0 Å². The van der Waals surface area contributed by atoms with Gasteiger partial charge < -0.3 is 10.7 Å². The number of nitrogen functional groups attached to an aromatic ring is 1. The van der Waals surface area contributed by atoms with Gasteiger partial charge in [-0.25, -0.2) is 4.39 Å². The molecule has 0 spiro atoms. The molecule has 1 heterocycles. The molecule has 0 radical (unpaired) electrons. The van der Waals surface area contributed by atoms with Gasteiger partial charge in [-0.05, 0) is 6.07 Å². The molecule has 2 aromatic rings. The summed E-state index contributed by atoms with van der Waals surface area (Å²) in [5.41, 5.74) is 5.60. The molecular weight excluding hydrogens is 171 g/mol. The molecule has 2 rings (SSSR count). The molecule has 1 aromatic carbocycles. The lowest BCUT2D eigenvalue weighted by Crippen LogP contribution is -2.07. The van der Waals surface area contributed by atoms with Gasteiger partial charge in [0.1, 0.15) is 5.82 Å². The molecule has 0 bridgehead atoms. The number of H-pyrrole nitrogens is 1. The van der Waals surface area contributed by atoms with Gasteiger partial charge >= 0.3 is 0 Å². The largest absolute Gasteiger partial charge is 0.398 e. The fourth-order valence-electron chi connectivity index (χ4n) is 1.27. The Bertz CT molecular complexity index is 518. The minimum atomic E-state index is -0.470. The molecule has 3 nitrogen and oxygen atoms in total. The van der Waals surface area contributed by atoms with Crippen molar-refractivity contribution >= 4 is 16.6 Å². The molecule has 66 valence electrons. The third-order valence-corrected chi connectivity index (χ3v) is 1.86. The second kappa shape index (κ2) is 2.58. The van der Waals surface area contributed by atoms with E-state index in [2.05, 4.69) is 4.98 Å². The maximum atomic E-state index is 13.1. The van der Waals surface area contributed by atoms with Gasteiger partial charge in [0.25, 0.3) is 5.56 Å². The van der Waals surface area contributed by atoms with Gasteiger partial charge in [0, 0.05) is 17.1 Å². The minimum Gasteiger partial charge on any atom is -0.398 e. The summed E-state index contributed by atoms with van der Waals surface area (Å²) in [6.45, 7) is 0. The molecule has 0 aliphatic rings. The molecule has 0 aliphatic heterocycles. The van der Waals surface area contributed by atoms with Crippen molar-refractivity contribution < 1.29 is 4.39 Å². The van der Waals surface area contributed by atoms with E-state index in [1.54, 1.807) is 12.1 Å². The Kier molecular flexibility index (Phi) is 1.55. The van der Waals surface area contributed by atoms with Gasteiger partial charge in [0.15, 0.2) is 0 Å². The van der Waals surface area contributed by atoms with E-state index in [4.69, 9.17) is 5.73 Å². The molecule has 0 unspecified atom stereocenters. The summed E-state index contributed by atoms with van der Waals surface area (Å²) in [7, 11) is 0. The van der Waals surface area contributed by atoms with E-state index < -0.39 is 11.4 Å². The number of benzene rings is 1. The summed E-state index contributed by atoms with van der Waals surface area (Å²) in [4.78, 5) is 13.3. The lowest BCUT2D eigenvalue weighted by atomic mass is 10.2. The van der Waals surface area contributed by atoms with Crippen LogP contribution in [0.4, 0.5) is 10.1 Å². The van der Waals surface area contributed by atoms with Crippen molar-refractivity contribution in [3.8, 4) is 0 Å². The summed E-state index contributed by atoms with van der Waals surface area (Å²) in [6, 6.07) is 5.72. The summed E-state index contributed by atoms with van der Waals surface area (Å²) >= 11 is 0. The topological polar surface area (TPSA) is 58.9 Å². The van der Waals surface area contributed by atoms with Gasteiger partial charge in [0.2, 0.25) is 0 Å². The van der Waals surface area contributed by atoms with E-state index in [0.717, 1.165) is 0 Å². The van der Waals surface area contributed by atoms with E-state index in [0.29, 0.717) is 11.1 Å². The van der Waals surface area contributed by atoms with Gasteiger partial charge in [0.05, 0.1) is 5.52 Å². The molecule has 3 N–H and O–H groups in total. The maximum Gasteiger partial charge on any atom is 0.250 e. The first-order valence-electron chi connectivity index (χ1n) is 3.75. The summed E-state index contributed by atoms with van der Waals surface area (Å²) in [6.07, 6.45) is 0. The highest BCUT2D eigenvalue weighted by Gasteiger charge is 2.03. The van der Waals surface area contributed by atoms with E-state index in [1.165, 1.54) is 12.1 Å². The van der Waals surface area contributed by atoms with E-state index >= 15 is 0 Å². The van der Waals surface area contributed by atoms with Crippen LogP contribution in [0.3, 0.4) is 0 Å². The lowest BCUT2D eigenvalue weighted by Gasteiger charge is -2.00. The number of aromatic nitrogens is 1. The number of rotatable bonds is 0. The Morgan fingerprint density at radius 2 is 2.15 bits per heavy atom. The number of aromatic amines is 1. The molecular formula is C9H7FN2O. The van der Waals surface area contributed by atoms with Crippen LogP contribution >= 0.6 is 0 Å². The highest BCUT2D eigenvalue weighted by molar-refractivity contribution is 5.89. The van der Waals surface area contributed by atoms with E-state index in [9.17, 15) is 9.18 Å². The molecule has 0 saturated heterocycles. The van der Waals surface area contributed by atoms with Crippen molar-refractivity contribution in [1.82, 2.24) is 4.98 Å². The standard InChI is InChI=1S/C9H7FN2O/c10-6-3-1-2-5-7(11)4-8(13)12-9(5)6/h1-4H,(H3,11,12,13). The second-order valence-corrected chi connectivity index (χ2v) is 2.75. The monoisotopic (exact) mass is 178 g/mol. The summed E-state index contributed by atoms with van der Waals surface area (Å²) in [5.74, 6) is -0.470. The smallest absolute Gasteiger partial charge is 0.250 e. The van der Waals surface area contributed by atoms with Gasteiger partial charge in [-0.3, -0.25) is 4.79 Å². The normalized spacial score (nSPS) is 10.5. The second-order valence-electron chi connectivity index (χ2n) is 2.75. The summed E-state index contributed by atoms with van der Waals surface area (Å²) < 4.78 is 13.1. The van der Waals surface area contributed by atoms with E-state index in [1.807, 2.05) is 0 Å². The van der Waals surface area contributed by atoms with Gasteiger partial charge in [-0.1, -0.05) is 12.1 Å². The van der Waals surface area contributed by atoms with E-state index in [-0.39, 0.29) is 5.52 Å². The number of pyridine rings is 1. The number of hydrogen-bond acceptors (Lipinski definition) is 2. The third kappa shape index (κ3) is 1.16. The highest BCUT2D eigenvalue weighted by Crippen LogP contribution is 2.18. The number of anilines is 1. The van der Waals surface area contributed by atoms with Crippen LogP contribution in [-0.4, -0.2) is 4.98 Å². The van der Waals surface area contributed by atoms with Crippen LogP contribution in [0, 0.1) is 5.82 Å². The molecule has 13 heavy (non-hydrogen) atoms. The molecule has 0 amide bonds. The molecule has 0 saturated carbocycles. The zero-order valence-electron chi connectivity index (χ0n) is 6.67. The highest BCUT2D eigenvalue weighted by atomic mass is 19.1. The molecule has 0 atom stereocenters.